The Balaban J connectivity index is 1.69. The van der Waals surface area contributed by atoms with Gasteiger partial charge in [-0.1, -0.05) is 25.1 Å². The van der Waals surface area contributed by atoms with E-state index in [-0.39, 0.29) is 6.10 Å². The van der Waals surface area contributed by atoms with Gasteiger partial charge in [0.15, 0.2) is 5.65 Å². The lowest BCUT2D eigenvalue weighted by atomic mass is 10.1. The summed E-state index contributed by atoms with van der Waals surface area (Å²) in [6.45, 7) is 4.88. The molecule has 6 heteroatoms. The lowest BCUT2D eigenvalue weighted by Gasteiger charge is -2.30. The molecular weight excluding hydrogens is 326 g/mol. The van der Waals surface area contributed by atoms with Crippen LogP contribution in [-0.2, 0) is 4.74 Å². The minimum atomic E-state index is 0.282. The quantitative estimate of drug-likeness (QED) is 0.679. The lowest BCUT2D eigenvalue weighted by Crippen LogP contribution is -2.37. The van der Waals surface area contributed by atoms with Gasteiger partial charge in [-0.15, -0.1) is 0 Å². The van der Waals surface area contributed by atoms with E-state index >= 15 is 0 Å². The molecule has 1 aliphatic rings. The SMILES string of the molecule is CCCN(CC1CCCCO1)c1ncnc2c1cnn2-c1ccccc1. The second-order valence-electron chi connectivity index (χ2n) is 6.76. The van der Waals surface area contributed by atoms with Gasteiger partial charge in [-0.2, -0.15) is 5.10 Å². The second kappa shape index (κ2) is 7.83. The zero-order valence-electron chi connectivity index (χ0n) is 15.2. The molecule has 26 heavy (non-hydrogen) atoms. The molecule has 1 fully saturated rings. The number of hydrogen-bond acceptors (Lipinski definition) is 5. The Bertz CT molecular complexity index is 842. The summed E-state index contributed by atoms with van der Waals surface area (Å²) in [4.78, 5) is 11.4. The Hall–Kier alpha value is -2.47. The number of benzene rings is 1. The van der Waals surface area contributed by atoms with E-state index in [0.29, 0.717) is 0 Å². The molecule has 1 atom stereocenters. The van der Waals surface area contributed by atoms with Gasteiger partial charge in [0.25, 0.3) is 0 Å². The molecule has 136 valence electrons. The predicted molar refractivity (Wildman–Crippen MR) is 103 cm³/mol. The highest BCUT2D eigenvalue weighted by Gasteiger charge is 2.21. The van der Waals surface area contributed by atoms with E-state index in [1.165, 1.54) is 12.8 Å². The fraction of sp³-hybridized carbons (Fsp3) is 0.450. The van der Waals surface area contributed by atoms with Gasteiger partial charge in [-0.25, -0.2) is 14.6 Å². The van der Waals surface area contributed by atoms with Crippen molar-refractivity contribution in [3.8, 4) is 5.69 Å². The maximum Gasteiger partial charge on any atom is 0.168 e. The molecule has 0 N–H and O–H groups in total. The first kappa shape index (κ1) is 17.0. The number of fused-ring (bicyclic) bond motifs is 1. The van der Waals surface area contributed by atoms with E-state index in [1.807, 2.05) is 41.2 Å². The topological polar surface area (TPSA) is 56.1 Å². The van der Waals surface area contributed by atoms with Gasteiger partial charge in [0, 0.05) is 19.7 Å². The van der Waals surface area contributed by atoms with E-state index in [2.05, 4.69) is 26.9 Å². The largest absolute Gasteiger partial charge is 0.376 e. The molecule has 1 saturated heterocycles. The average Bonchev–Trinajstić information content (AvgIpc) is 3.13. The molecule has 0 aliphatic carbocycles. The number of aromatic nitrogens is 4. The Morgan fingerprint density at radius 2 is 2.08 bits per heavy atom. The summed E-state index contributed by atoms with van der Waals surface area (Å²) in [6.07, 6.45) is 8.40. The molecule has 0 saturated carbocycles. The standard InChI is InChI=1S/C20H25N5O/c1-2-11-24(14-17-10-6-7-12-26-17)19-18-13-23-25(20(18)22-15-21-19)16-8-4-3-5-9-16/h3-5,8-9,13,15,17H,2,6-7,10-12,14H2,1H3. The Labute approximate surface area is 153 Å². The molecule has 0 radical (unpaired) electrons. The molecule has 4 rings (SSSR count). The smallest absolute Gasteiger partial charge is 0.168 e. The van der Waals surface area contributed by atoms with Gasteiger partial charge in [-0.3, -0.25) is 0 Å². The maximum absolute atomic E-state index is 5.96. The van der Waals surface area contributed by atoms with Crippen LogP contribution >= 0.6 is 0 Å². The van der Waals surface area contributed by atoms with Crippen LogP contribution in [0, 0.1) is 0 Å². The van der Waals surface area contributed by atoms with Crippen molar-refractivity contribution in [1.29, 1.82) is 0 Å². The number of para-hydroxylation sites is 1. The summed E-state index contributed by atoms with van der Waals surface area (Å²) in [5.41, 5.74) is 1.84. The highest BCUT2D eigenvalue weighted by Crippen LogP contribution is 2.26. The van der Waals surface area contributed by atoms with Crippen LogP contribution in [-0.4, -0.2) is 45.5 Å². The highest BCUT2D eigenvalue weighted by atomic mass is 16.5. The third-order valence-electron chi connectivity index (χ3n) is 4.84. The first-order chi connectivity index (χ1) is 12.9. The van der Waals surface area contributed by atoms with Crippen molar-refractivity contribution in [2.24, 2.45) is 0 Å². The Morgan fingerprint density at radius 3 is 2.85 bits per heavy atom. The zero-order chi connectivity index (χ0) is 17.8. The second-order valence-corrected chi connectivity index (χ2v) is 6.76. The van der Waals surface area contributed by atoms with Crippen molar-refractivity contribution in [1.82, 2.24) is 19.7 Å². The number of ether oxygens (including phenoxy) is 1. The first-order valence-electron chi connectivity index (χ1n) is 9.47. The molecule has 3 aromatic rings. The lowest BCUT2D eigenvalue weighted by molar-refractivity contribution is 0.0209. The molecule has 0 bridgehead atoms. The summed E-state index contributed by atoms with van der Waals surface area (Å²) < 4.78 is 7.83. The van der Waals surface area contributed by atoms with Crippen LogP contribution in [0.1, 0.15) is 32.6 Å². The van der Waals surface area contributed by atoms with Gasteiger partial charge in [0.1, 0.15) is 12.1 Å². The summed E-state index contributed by atoms with van der Waals surface area (Å²) in [5, 5.41) is 5.56. The van der Waals surface area contributed by atoms with E-state index in [1.54, 1.807) is 6.33 Å². The third-order valence-corrected chi connectivity index (χ3v) is 4.84. The van der Waals surface area contributed by atoms with E-state index in [4.69, 9.17) is 4.74 Å². The summed E-state index contributed by atoms with van der Waals surface area (Å²) in [7, 11) is 0. The van der Waals surface area contributed by atoms with Crippen LogP contribution in [0.15, 0.2) is 42.9 Å². The van der Waals surface area contributed by atoms with Gasteiger partial charge >= 0.3 is 0 Å². The van der Waals surface area contributed by atoms with Crippen molar-refractivity contribution in [2.75, 3.05) is 24.6 Å². The Kier molecular flexibility index (Phi) is 5.11. The summed E-state index contributed by atoms with van der Waals surface area (Å²) >= 11 is 0. The predicted octanol–water partition coefficient (Wildman–Crippen LogP) is 3.60. The van der Waals surface area contributed by atoms with Crippen LogP contribution in [0.4, 0.5) is 5.82 Å². The molecule has 1 aromatic carbocycles. The van der Waals surface area contributed by atoms with Gasteiger partial charge in [0.05, 0.1) is 23.4 Å². The highest BCUT2D eigenvalue weighted by molar-refractivity contribution is 5.87. The minimum absolute atomic E-state index is 0.282. The fourth-order valence-electron chi connectivity index (χ4n) is 3.59. The molecule has 6 nitrogen and oxygen atoms in total. The summed E-state index contributed by atoms with van der Waals surface area (Å²) in [6, 6.07) is 10.1. The molecule has 0 amide bonds. The van der Waals surface area contributed by atoms with Gasteiger partial charge in [-0.05, 0) is 37.8 Å². The van der Waals surface area contributed by atoms with Crippen LogP contribution in [0.25, 0.3) is 16.7 Å². The molecule has 1 aliphatic heterocycles. The number of rotatable bonds is 6. The first-order valence-corrected chi connectivity index (χ1v) is 9.47. The normalized spacial score (nSPS) is 17.5. The van der Waals surface area contributed by atoms with E-state index in [0.717, 1.165) is 55.1 Å². The van der Waals surface area contributed by atoms with Crippen LogP contribution in [0.3, 0.4) is 0 Å². The fourth-order valence-corrected chi connectivity index (χ4v) is 3.59. The van der Waals surface area contributed by atoms with Crippen LogP contribution in [0.2, 0.25) is 0 Å². The van der Waals surface area contributed by atoms with E-state index < -0.39 is 0 Å². The van der Waals surface area contributed by atoms with Crippen LogP contribution in [0.5, 0.6) is 0 Å². The van der Waals surface area contributed by atoms with Crippen LogP contribution < -0.4 is 4.90 Å². The zero-order valence-corrected chi connectivity index (χ0v) is 15.2. The monoisotopic (exact) mass is 351 g/mol. The average molecular weight is 351 g/mol. The number of nitrogens with zero attached hydrogens (tertiary/aromatic N) is 5. The Morgan fingerprint density at radius 1 is 1.19 bits per heavy atom. The van der Waals surface area contributed by atoms with Gasteiger partial charge in [0.2, 0.25) is 0 Å². The van der Waals surface area contributed by atoms with Gasteiger partial charge < -0.3 is 9.64 Å². The third kappa shape index (κ3) is 3.42. The molecule has 2 aromatic heterocycles. The minimum Gasteiger partial charge on any atom is -0.376 e. The molecule has 1 unspecified atom stereocenters. The van der Waals surface area contributed by atoms with Crippen molar-refractivity contribution in [3.63, 3.8) is 0 Å². The summed E-state index contributed by atoms with van der Waals surface area (Å²) in [5.74, 6) is 0.952. The molecule has 0 spiro atoms. The van der Waals surface area contributed by atoms with Crippen molar-refractivity contribution in [3.05, 3.63) is 42.9 Å². The number of hydrogen-bond donors (Lipinski definition) is 0. The van der Waals surface area contributed by atoms with Crippen molar-refractivity contribution in [2.45, 2.75) is 38.7 Å². The van der Waals surface area contributed by atoms with Crippen molar-refractivity contribution < 1.29 is 4.74 Å². The molecule has 3 heterocycles. The molecular formula is C20H25N5O. The maximum atomic E-state index is 5.96. The van der Waals surface area contributed by atoms with E-state index in [9.17, 15) is 0 Å². The van der Waals surface area contributed by atoms with Crippen molar-refractivity contribution >= 4 is 16.9 Å². The number of anilines is 1.